The number of fused-ring (bicyclic) bond motifs is 1. The van der Waals surface area contributed by atoms with E-state index in [1.165, 1.54) is 4.68 Å². The molecule has 0 atom stereocenters. The number of carbonyl (C=O) groups is 1. The molecule has 1 aromatic heterocycles. The van der Waals surface area contributed by atoms with E-state index in [1.807, 2.05) is 73.7 Å². The summed E-state index contributed by atoms with van der Waals surface area (Å²) in [4.78, 5) is 12.6. The molecule has 0 aliphatic rings. The van der Waals surface area contributed by atoms with Crippen molar-refractivity contribution in [3.05, 3.63) is 77.1 Å². The highest BCUT2D eigenvalue weighted by Crippen LogP contribution is 2.20. The molecule has 0 unspecified atom stereocenters. The normalized spacial score (nSPS) is 10.9. The zero-order valence-corrected chi connectivity index (χ0v) is 15.5. The van der Waals surface area contributed by atoms with E-state index < -0.39 is 0 Å². The molecule has 1 heterocycles. The van der Waals surface area contributed by atoms with Crippen molar-refractivity contribution in [1.29, 1.82) is 0 Å². The van der Waals surface area contributed by atoms with Gasteiger partial charge in [0.2, 0.25) is 11.8 Å². The van der Waals surface area contributed by atoms with Crippen molar-refractivity contribution in [2.24, 2.45) is 0 Å². The molecule has 27 heavy (non-hydrogen) atoms. The van der Waals surface area contributed by atoms with E-state index in [2.05, 4.69) is 10.4 Å². The summed E-state index contributed by atoms with van der Waals surface area (Å²) in [6.45, 7) is 2.00. The van der Waals surface area contributed by atoms with Crippen LogP contribution in [0.4, 0.5) is 5.69 Å². The van der Waals surface area contributed by atoms with Crippen LogP contribution in [-0.4, -0.2) is 15.7 Å². The number of anilines is 1. The Labute approximate surface area is 161 Å². The minimum absolute atomic E-state index is 0.0129. The molecular weight excluding hydrogens is 358 g/mol. The lowest BCUT2D eigenvalue weighted by Crippen LogP contribution is -2.19. The van der Waals surface area contributed by atoms with E-state index >= 15 is 0 Å². The molecular formula is C21H17N3O2S. The Morgan fingerprint density at radius 2 is 1.81 bits per heavy atom. The van der Waals surface area contributed by atoms with Gasteiger partial charge < -0.3 is 9.73 Å². The number of hydrogen-bond acceptors (Lipinski definition) is 4. The summed E-state index contributed by atoms with van der Waals surface area (Å²) in [6, 6.07) is 21.5. The maximum absolute atomic E-state index is 12.4. The molecule has 6 heteroatoms. The van der Waals surface area contributed by atoms with E-state index in [-0.39, 0.29) is 17.3 Å². The summed E-state index contributed by atoms with van der Waals surface area (Å²) < 4.78 is 6.93. The van der Waals surface area contributed by atoms with Crippen LogP contribution in [0, 0.1) is 11.8 Å². The molecule has 3 aromatic carbocycles. The molecule has 4 aromatic rings. The van der Waals surface area contributed by atoms with Gasteiger partial charge in [0, 0.05) is 11.3 Å². The number of benzene rings is 3. The van der Waals surface area contributed by atoms with Crippen molar-refractivity contribution in [1.82, 2.24) is 9.78 Å². The smallest absolute Gasteiger partial charge is 0.287 e. The van der Waals surface area contributed by atoms with Crippen molar-refractivity contribution in [2.45, 2.75) is 13.5 Å². The van der Waals surface area contributed by atoms with Gasteiger partial charge in [0.1, 0.15) is 6.54 Å². The monoisotopic (exact) mass is 375 g/mol. The number of nitrogens with one attached hydrogen (secondary N) is 1. The molecule has 0 spiro atoms. The van der Waals surface area contributed by atoms with Gasteiger partial charge in [0.05, 0.1) is 0 Å². The summed E-state index contributed by atoms with van der Waals surface area (Å²) in [5.41, 5.74) is 2.69. The Morgan fingerprint density at radius 3 is 2.59 bits per heavy atom. The Morgan fingerprint density at radius 1 is 1.07 bits per heavy atom. The lowest BCUT2D eigenvalue weighted by atomic mass is 10.1. The highest BCUT2D eigenvalue weighted by molar-refractivity contribution is 7.71. The second-order valence-electron chi connectivity index (χ2n) is 6.31. The second kappa shape index (κ2) is 7.17. The van der Waals surface area contributed by atoms with Gasteiger partial charge in [-0.05, 0) is 54.2 Å². The van der Waals surface area contributed by atoms with Crippen LogP contribution in [0.2, 0.25) is 0 Å². The summed E-state index contributed by atoms with van der Waals surface area (Å²) in [7, 11) is 0. The highest BCUT2D eigenvalue weighted by atomic mass is 32.1. The molecule has 0 fully saturated rings. The Bertz CT molecular complexity index is 1180. The molecule has 134 valence electrons. The van der Waals surface area contributed by atoms with Crippen LogP contribution in [0.25, 0.3) is 22.2 Å². The van der Waals surface area contributed by atoms with E-state index in [4.69, 9.17) is 16.6 Å². The van der Waals surface area contributed by atoms with Crippen molar-refractivity contribution < 1.29 is 9.21 Å². The fourth-order valence-electron chi connectivity index (χ4n) is 2.82. The largest absolute Gasteiger partial charge is 0.409 e. The third-order valence-corrected chi connectivity index (χ3v) is 4.53. The SMILES string of the molecule is Cc1ccc(-c2nn(CC(=O)Nc3ccc4ccccc4c3)c(=S)o2)cc1. The minimum atomic E-state index is -0.217. The molecule has 5 nitrogen and oxygen atoms in total. The Balaban J connectivity index is 1.50. The number of aromatic nitrogens is 2. The number of rotatable bonds is 4. The number of carbonyl (C=O) groups excluding carboxylic acids is 1. The lowest BCUT2D eigenvalue weighted by Gasteiger charge is -2.06. The van der Waals surface area contributed by atoms with Gasteiger partial charge in [-0.2, -0.15) is 0 Å². The fraction of sp³-hybridized carbons (Fsp3) is 0.0952. The molecule has 1 N–H and O–H groups in total. The molecule has 0 aliphatic heterocycles. The van der Waals surface area contributed by atoms with Crippen LogP contribution in [0.3, 0.4) is 0 Å². The summed E-state index contributed by atoms with van der Waals surface area (Å²) in [6.07, 6.45) is 0. The quantitative estimate of drug-likeness (QED) is 0.512. The van der Waals surface area contributed by atoms with Gasteiger partial charge in [-0.1, -0.05) is 48.0 Å². The summed E-state index contributed by atoms with van der Waals surface area (Å²) in [5, 5.41) is 9.39. The van der Waals surface area contributed by atoms with Gasteiger partial charge in [0.25, 0.3) is 4.84 Å². The van der Waals surface area contributed by atoms with Gasteiger partial charge in [-0.3, -0.25) is 4.79 Å². The zero-order valence-electron chi connectivity index (χ0n) is 14.7. The maximum atomic E-state index is 12.4. The number of nitrogens with zero attached hydrogens (tertiary/aromatic N) is 2. The van der Waals surface area contributed by atoms with Crippen LogP contribution in [0.5, 0.6) is 0 Å². The topological polar surface area (TPSA) is 60.1 Å². The Kier molecular flexibility index (Phi) is 4.56. The molecule has 4 rings (SSSR count). The lowest BCUT2D eigenvalue weighted by molar-refractivity contribution is -0.117. The predicted molar refractivity (Wildman–Crippen MR) is 108 cm³/mol. The van der Waals surface area contributed by atoms with Gasteiger partial charge in [-0.25, -0.2) is 4.68 Å². The summed E-state index contributed by atoms with van der Waals surface area (Å²) in [5.74, 6) is 0.184. The highest BCUT2D eigenvalue weighted by Gasteiger charge is 2.11. The fourth-order valence-corrected chi connectivity index (χ4v) is 3.01. The third kappa shape index (κ3) is 3.80. The second-order valence-corrected chi connectivity index (χ2v) is 6.66. The van der Waals surface area contributed by atoms with Crippen molar-refractivity contribution in [3.63, 3.8) is 0 Å². The van der Waals surface area contributed by atoms with Gasteiger partial charge >= 0.3 is 0 Å². The number of aryl methyl sites for hydroxylation is 1. The number of amides is 1. The first-order valence-electron chi connectivity index (χ1n) is 8.52. The van der Waals surface area contributed by atoms with E-state index in [0.717, 1.165) is 27.6 Å². The average Bonchev–Trinajstić information content (AvgIpc) is 3.02. The molecule has 0 radical (unpaired) electrons. The molecule has 0 aliphatic carbocycles. The van der Waals surface area contributed by atoms with Crippen LogP contribution in [-0.2, 0) is 11.3 Å². The Hall–Kier alpha value is -3.25. The van der Waals surface area contributed by atoms with Crippen LogP contribution in [0.1, 0.15) is 5.56 Å². The molecule has 0 saturated heterocycles. The van der Waals surface area contributed by atoms with E-state index in [1.54, 1.807) is 0 Å². The van der Waals surface area contributed by atoms with Gasteiger partial charge in [-0.15, -0.1) is 5.10 Å². The predicted octanol–water partition coefficient (Wildman–Crippen LogP) is 4.97. The maximum Gasteiger partial charge on any atom is 0.287 e. The number of hydrogen-bond donors (Lipinski definition) is 1. The zero-order chi connectivity index (χ0) is 18.8. The summed E-state index contributed by atoms with van der Waals surface area (Å²) >= 11 is 5.20. The first kappa shape index (κ1) is 17.2. The van der Waals surface area contributed by atoms with E-state index in [9.17, 15) is 4.79 Å². The van der Waals surface area contributed by atoms with Crippen LogP contribution < -0.4 is 5.32 Å². The molecule has 0 saturated carbocycles. The standard InChI is InChI=1S/C21H17N3O2S/c1-14-6-8-16(9-7-14)20-23-24(21(27)26-20)13-19(25)22-18-11-10-15-4-2-3-5-17(15)12-18/h2-12H,13H2,1H3,(H,22,25). The van der Waals surface area contributed by atoms with Crippen molar-refractivity contribution in [2.75, 3.05) is 5.32 Å². The van der Waals surface area contributed by atoms with Crippen molar-refractivity contribution >= 4 is 34.6 Å². The van der Waals surface area contributed by atoms with Crippen LogP contribution >= 0.6 is 12.2 Å². The third-order valence-electron chi connectivity index (χ3n) is 4.23. The first-order chi connectivity index (χ1) is 13.1. The van der Waals surface area contributed by atoms with E-state index in [0.29, 0.717) is 5.89 Å². The molecule has 1 amide bonds. The van der Waals surface area contributed by atoms with Crippen molar-refractivity contribution in [3.8, 4) is 11.5 Å². The average molecular weight is 375 g/mol. The minimum Gasteiger partial charge on any atom is -0.409 e. The van der Waals surface area contributed by atoms with Gasteiger partial charge in [0.15, 0.2) is 0 Å². The van der Waals surface area contributed by atoms with Crippen LogP contribution in [0.15, 0.2) is 71.1 Å². The first-order valence-corrected chi connectivity index (χ1v) is 8.93. The molecule has 0 bridgehead atoms.